The molecule has 2 aliphatic rings. The van der Waals surface area contributed by atoms with Crippen LogP contribution in [0.2, 0.25) is 5.02 Å². The Morgan fingerprint density at radius 1 is 0.932 bits per heavy atom. The molecule has 4 aromatic heterocycles. The molecule has 73 heavy (non-hydrogen) atoms. The number of likely N-dealkylation sites (tertiary alicyclic amines) is 1. The van der Waals surface area contributed by atoms with Gasteiger partial charge in [-0.1, -0.05) is 62.7 Å². The minimum atomic E-state index is -1.06. The van der Waals surface area contributed by atoms with Crippen molar-refractivity contribution in [3.05, 3.63) is 136 Å². The number of halogens is 1. The first-order valence-corrected chi connectivity index (χ1v) is 25.2. The summed E-state index contributed by atoms with van der Waals surface area (Å²) >= 11 is 7.77. The molecule has 2 saturated heterocycles. The zero-order valence-electron chi connectivity index (χ0n) is 41.1. The first-order chi connectivity index (χ1) is 34.9. The van der Waals surface area contributed by atoms with Crippen molar-refractivity contribution in [2.24, 2.45) is 5.41 Å². The molecule has 3 aromatic carbocycles. The molecular weight excluding hydrogens is 968 g/mol. The highest BCUT2D eigenvalue weighted by Gasteiger charge is 2.45. The minimum absolute atomic E-state index is 0.00136. The first kappa shape index (κ1) is 50.4. The lowest BCUT2D eigenvalue weighted by molar-refractivity contribution is -0.142. The molecule has 7 aromatic rings. The van der Waals surface area contributed by atoms with Crippen LogP contribution in [0.5, 0.6) is 5.75 Å². The lowest BCUT2D eigenvalue weighted by Crippen LogP contribution is -2.57. The number of nitriles is 1. The molecule has 17 nitrogen and oxygen atoms in total. The molecule has 376 valence electrons. The highest BCUT2D eigenvalue weighted by Crippen LogP contribution is 2.32. The monoisotopic (exact) mass is 1020 g/mol. The molecule has 4 amide bonds. The SMILES string of the molecule is Cc1ncsc1-c1ccc([C@H](C)NC(=O)C2C[C@@H](O)CN2C(=O)C(NC(=O)c2cc3ccc(OC4CN(c5ccc(C(=O)N[C@@H](C)Cn6ccc(-c7ccc(C#N)c(Cl)c7)n6)cn5)C4)cc3o2)C(C)(C)C)cc1. The summed E-state index contributed by atoms with van der Waals surface area (Å²) in [7, 11) is 0. The molecule has 4 N–H and O–H groups in total. The van der Waals surface area contributed by atoms with Crippen molar-refractivity contribution < 1.29 is 33.4 Å². The second kappa shape index (κ2) is 20.9. The fraction of sp³-hybridized carbons (Fsp3) is 0.333. The summed E-state index contributed by atoms with van der Waals surface area (Å²) in [6.45, 7) is 12.7. The number of aliphatic hydroxyl groups excluding tert-OH is 1. The Morgan fingerprint density at radius 2 is 1.70 bits per heavy atom. The van der Waals surface area contributed by atoms with E-state index in [9.17, 15) is 24.3 Å². The van der Waals surface area contributed by atoms with Gasteiger partial charge >= 0.3 is 0 Å². The van der Waals surface area contributed by atoms with Crippen LogP contribution in [-0.2, 0) is 16.1 Å². The van der Waals surface area contributed by atoms with E-state index in [4.69, 9.17) is 26.0 Å². The number of benzene rings is 3. The van der Waals surface area contributed by atoms with Crippen molar-refractivity contribution in [2.45, 2.75) is 90.9 Å². The molecule has 0 bridgehead atoms. The maximum Gasteiger partial charge on any atom is 0.287 e. The number of ether oxygens (including phenoxy) is 1. The number of pyridine rings is 1. The van der Waals surface area contributed by atoms with E-state index < -0.39 is 41.3 Å². The third kappa shape index (κ3) is 11.2. The lowest BCUT2D eigenvalue weighted by atomic mass is 9.85. The molecular formula is C54H55ClN10O7S. The van der Waals surface area contributed by atoms with E-state index in [-0.39, 0.29) is 42.8 Å². The second-order valence-corrected chi connectivity index (χ2v) is 21.0. The number of rotatable bonds is 15. The Labute approximate surface area is 431 Å². The van der Waals surface area contributed by atoms with Crippen molar-refractivity contribution >= 4 is 63.4 Å². The van der Waals surface area contributed by atoms with Gasteiger partial charge in [-0.15, -0.1) is 11.3 Å². The number of nitrogens with zero attached hydrogens (tertiary/aromatic N) is 7. The molecule has 2 aliphatic heterocycles. The lowest BCUT2D eigenvalue weighted by Gasteiger charge is -2.39. The number of fused-ring (bicyclic) bond motifs is 1. The topological polar surface area (TPSA) is 221 Å². The van der Waals surface area contributed by atoms with Crippen LogP contribution in [0.4, 0.5) is 5.82 Å². The third-order valence-corrected chi connectivity index (χ3v) is 14.4. The van der Waals surface area contributed by atoms with Gasteiger partial charge in [0.25, 0.3) is 11.8 Å². The number of anilines is 1. The Bertz CT molecular complexity index is 3220. The van der Waals surface area contributed by atoms with Gasteiger partial charge in [-0.2, -0.15) is 10.4 Å². The number of aryl methyl sites for hydroxylation is 1. The number of thiazole rings is 1. The summed E-state index contributed by atoms with van der Waals surface area (Å²) in [4.78, 5) is 68.4. The number of aliphatic hydroxyl groups is 1. The molecule has 0 aliphatic carbocycles. The van der Waals surface area contributed by atoms with Gasteiger partial charge in [0.1, 0.15) is 41.4 Å². The fourth-order valence-corrected chi connectivity index (χ4v) is 10.1. The number of hydrogen-bond donors (Lipinski definition) is 4. The van der Waals surface area contributed by atoms with E-state index in [1.165, 1.54) is 4.90 Å². The fourth-order valence-electron chi connectivity index (χ4n) is 9.03. The van der Waals surface area contributed by atoms with Gasteiger partial charge in [-0.3, -0.25) is 23.9 Å². The Balaban J connectivity index is 0.758. The van der Waals surface area contributed by atoms with E-state index in [1.807, 2.05) is 88.5 Å². The van der Waals surface area contributed by atoms with Gasteiger partial charge in [-0.05, 0) is 85.8 Å². The van der Waals surface area contributed by atoms with Gasteiger partial charge in [0.2, 0.25) is 11.8 Å². The van der Waals surface area contributed by atoms with E-state index in [1.54, 1.807) is 76.8 Å². The summed E-state index contributed by atoms with van der Waals surface area (Å²) in [6.07, 6.45) is 2.37. The maximum atomic E-state index is 14.3. The van der Waals surface area contributed by atoms with Gasteiger partial charge < -0.3 is 40.0 Å². The predicted molar refractivity (Wildman–Crippen MR) is 277 cm³/mol. The largest absolute Gasteiger partial charge is 0.487 e. The van der Waals surface area contributed by atoms with Gasteiger partial charge in [0.15, 0.2) is 5.76 Å². The highest BCUT2D eigenvalue weighted by atomic mass is 35.5. The zero-order valence-corrected chi connectivity index (χ0v) is 42.7. The third-order valence-electron chi connectivity index (χ3n) is 13.1. The average Bonchev–Trinajstić information content (AvgIpc) is 4.18. The van der Waals surface area contributed by atoms with Crippen LogP contribution in [0.15, 0.2) is 107 Å². The van der Waals surface area contributed by atoms with Crippen LogP contribution in [0.1, 0.15) is 84.8 Å². The molecule has 0 spiro atoms. The summed E-state index contributed by atoms with van der Waals surface area (Å²) < 4.78 is 14.0. The molecule has 5 atom stereocenters. The second-order valence-electron chi connectivity index (χ2n) is 19.8. The smallest absolute Gasteiger partial charge is 0.287 e. The maximum absolute atomic E-state index is 14.3. The number of furan rings is 1. The Kier molecular flexibility index (Phi) is 14.4. The average molecular weight is 1020 g/mol. The quantitative estimate of drug-likeness (QED) is 0.0776. The molecule has 9 rings (SSSR count). The van der Waals surface area contributed by atoms with Crippen molar-refractivity contribution in [3.8, 4) is 33.5 Å². The molecule has 19 heteroatoms. The highest BCUT2D eigenvalue weighted by molar-refractivity contribution is 7.13. The number of aromatic nitrogens is 4. The van der Waals surface area contributed by atoms with Crippen molar-refractivity contribution in [1.29, 1.82) is 5.26 Å². The zero-order chi connectivity index (χ0) is 51.7. The minimum Gasteiger partial charge on any atom is -0.487 e. The number of carbonyl (C=O) groups excluding carboxylic acids is 4. The van der Waals surface area contributed by atoms with Crippen LogP contribution in [0.25, 0.3) is 32.7 Å². The number of β-amino-alcohol motifs (C(OH)–C–C–N with tert-alkyl or cyclic N) is 1. The van der Waals surface area contributed by atoms with Gasteiger partial charge in [-0.25, -0.2) is 9.97 Å². The van der Waals surface area contributed by atoms with Crippen LogP contribution in [0.3, 0.4) is 0 Å². The van der Waals surface area contributed by atoms with E-state index >= 15 is 0 Å². The van der Waals surface area contributed by atoms with Gasteiger partial charge in [0, 0.05) is 48.4 Å². The van der Waals surface area contributed by atoms with Crippen molar-refractivity contribution in [2.75, 3.05) is 24.5 Å². The molecule has 0 radical (unpaired) electrons. The molecule has 0 saturated carbocycles. The van der Waals surface area contributed by atoms with Crippen LogP contribution in [-0.4, -0.2) is 103 Å². The molecule has 6 heterocycles. The normalized spacial score (nSPS) is 17.1. The molecule has 2 unspecified atom stereocenters. The predicted octanol–water partition coefficient (Wildman–Crippen LogP) is 7.72. The summed E-state index contributed by atoms with van der Waals surface area (Å²) in [5, 5.41) is 34.4. The Hall–Kier alpha value is -7.59. The van der Waals surface area contributed by atoms with E-state index in [0.717, 1.165) is 27.3 Å². The molecule has 2 fully saturated rings. The van der Waals surface area contributed by atoms with E-state index in [0.29, 0.717) is 64.0 Å². The first-order valence-electron chi connectivity index (χ1n) is 24.0. The van der Waals surface area contributed by atoms with Crippen molar-refractivity contribution in [3.63, 3.8) is 0 Å². The Morgan fingerprint density at radius 3 is 2.38 bits per heavy atom. The summed E-state index contributed by atoms with van der Waals surface area (Å²) in [5.74, 6) is -0.483. The standard InChI is InChI=1S/C54H55ClN10O7S/c1-30(25-64-18-17-43(62-64)35-11-12-37(23-56)42(55)19-35)59-50(67)38-14-16-47(57-24-38)63-27-41(28-63)71-40-15-13-36-20-46(72-45(36)22-40)52(69)61-49(54(4,5)6)53(70)65-26-39(66)21-44(65)51(68)60-31(2)33-7-9-34(10-8-33)48-32(3)58-29-73-48/h7-20,22,24,29-31,39,41,44,49,66H,21,25-28H2,1-6H3,(H,59,67)(H,60,68)(H,61,69)/t30-,31-,39+,44?,49?/m0/s1. The van der Waals surface area contributed by atoms with Gasteiger partial charge in [0.05, 0.1) is 69.7 Å². The van der Waals surface area contributed by atoms with Crippen molar-refractivity contribution in [1.82, 2.24) is 40.6 Å². The van der Waals surface area contributed by atoms with Crippen LogP contribution >= 0.6 is 22.9 Å². The number of carbonyl (C=O) groups is 4. The summed E-state index contributed by atoms with van der Waals surface area (Å²) in [6, 6.07) is 24.8. The van der Waals surface area contributed by atoms with E-state index in [2.05, 4.69) is 37.1 Å². The van der Waals surface area contributed by atoms with Crippen LogP contribution < -0.4 is 25.6 Å². The number of amides is 4. The summed E-state index contributed by atoms with van der Waals surface area (Å²) in [5.41, 5.74) is 6.64. The number of hydrogen-bond acceptors (Lipinski definition) is 13. The number of nitrogens with one attached hydrogen (secondary N) is 3. The van der Waals surface area contributed by atoms with Crippen LogP contribution in [0, 0.1) is 23.7 Å².